The molecule has 0 spiro atoms. The van der Waals surface area contributed by atoms with Gasteiger partial charge in [0.15, 0.2) is 15.6 Å². The Morgan fingerprint density at radius 1 is 0.980 bits per heavy atom. The lowest BCUT2D eigenvalue weighted by molar-refractivity contribution is -0.145. The van der Waals surface area contributed by atoms with Gasteiger partial charge in [-0.05, 0) is 68.6 Å². The Balaban J connectivity index is 1.55. The van der Waals surface area contributed by atoms with E-state index in [0.29, 0.717) is 31.7 Å². The SMILES string of the molecule is C=CCNC(=O)C(=O)[C@@H](CC(=O)[C@@H]1[C@@H]2[C@H](CN1C(=O)[C@@H](NC(=O)NC1(CS(=O)(=O)C(C)(C)C)CCCCC1)C(C)(C)C)C2(C)C)CC1CC1. The first kappa shape index (κ1) is 39.0. The first-order valence-electron chi connectivity index (χ1n) is 18.1. The lowest BCUT2D eigenvalue weighted by atomic mass is 9.83. The molecule has 3 saturated carbocycles. The number of hydrogen-bond acceptors (Lipinski definition) is 7. The Bertz CT molecular complexity index is 1430. The molecule has 3 aliphatic carbocycles. The van der Waals surface area contributed by atoms with Gasteiger partial charge < -0.3 is 20.9 Å². The molecule has 0 unspecified atom stereocenters. The largest absolute Gasteiger partial charge is 0.346 e. The molecular weight excluding hydrogens is 644 g/mol. The van der Waals surface area contributed by atoms with E-state index in [9.17, 15) is 32.4 Å². The Kier molecular flexibility index (Phi) is 11.2. The van der Waals surface area contributed by atoms with Gasteiger partial charge in [0, 0.05) is 25.4 Å². The molecule has 0 aromatic carbocycles. The van der Waals surface area contributed by atoms with Gasteiger partial charge in [0.05, 0.1) is 22.1 Å². The van der Waals surface area contributed by atoms with Gasteiger partial charge in [-0.15, -0.1) is 6.58 Å². The van der Waals surface area contributed by atoms with Gasteiger partial charge in [0.1, 0.15) is 6.04 Å². The number of carbonyl (C=O) groups is 5. The van der Waals surface area contributed by atoms with E-state index in [0.717, 1.165) is 32.1 Å². The zero-order valence-electron chi connectivity index (χ0n) is 30.9. The molecule has 4 fully saturated rings. The lowest BCUT2D eigenvalue weighted by Gasteiger charge is -2.41. The van der Waals surface area contributed by atoms with Crippen molar-refractivity contribution in [1.29, 1.82) is 0 Å². The highest BCUT2D eigenvalue weighted by Gasteiger charge is 2.69. The summed E-state index contributed by atoms with van der Waals surface area (Å²) in [6.45, 7) is 18.8. The molecular formula is C37H60N4O7S. The molecule has 4 aliphatic rings. The summed E-state index contributed by atoms with van der Waals surface area (Å²) < 4.78 is 25.6. The van der Waals surface area contributed by atoms with Crippen LogP contribution in [-0.2, 0) is 29.0 Å². The fourth-order valence-corrected chi connectivity index (χ4v) is 9.58. The zero-order valence-corrected chi connectivity index (χ0v) is 31.8. The number of ketones is 2. The number of carbonyl (C=O) groups excluding carboxylic acids is 5. The van der Waals surface area contributed by atoms with Crippen LogP contribution in [0.15, 0.2) is 12.7 Å². The van der Waals surface area contributed by atoms with Crippen molar-refractivity contribution < 1.29 is 32.4 Å². The minimum atomic E-state index is -3.56. The van der Waals surface area contributed by atoms with Crippen LogP contribution in [0.5, 0.6) is 0 Å². The maximum Gasteiger partial charge on any atom is 0.315 e. The van der Waals surface area contributed by atoms with E-state index in [1.54, 1.807) is 25.7 Å². The maximum absolute atomic E-state index is 14.5. The first-order valence-corrected chi connectivity index (χ1v) is 19.8. The van der Waals surface area contributed by atoms with E-state index in [1.165, 1.54) is 6.08 Å². The van der Waals surface area contributed by atoms with Gasteiger partial charge in [-0.1, -0.05) is 72.8 Å². The van der Waals surface area contributed by atoms with Gasteiger partial charge in [-0.2, -0.15) is 0 Å². The molecule has 0 bridgehead atoms. The number of rotatable bonds is 14. The summed E-state index contributed by atoms with van der Waals surface area (Å²) in [4.78, 5) is 69.9. The van der Waals surface area contributed by atoms with Crippen LogP contribution in [0.2, 0.25) is 0 Å². The third kappa shape index (κ3) is 8.76. The summed E-state index contributed by atoms with van der Waals surface area (Å²) in [5.41, 5.74) is -1.85. The Hall–Kier alpha value is -2.76. The van der Waals surface area contributed by atoms with Crippen molar-refractivity contribution >= 4 is 39.2 Å². The average Bonchev–Trinajstić information content (AvgIpc) is 3.84. The number of amides is 4. The second-order valence-electron chi connectivity index (χ2n) is 17.9. The number of fused-ring (bicyclic) bond motifs is 1. The number of urea groups is 1. The van der Waals surface area contributed by atoms with Crippen LogP contribution in [0.25, 0.3) is 0 Å². The number of Topliss-reactive ketones (excluding diaryl/α,β-unsaturated/α-hetero) is 2. The van der Waals surface area contributed by atoms with Gasteiger partial charge in [-0.25, -0.2) is 13.2 Å². The first-order chi connectivity index (χ1) is 22.5. The Labute approximate surface area is 293 Å². The Morgan fingerprint density at radius 3 is 2.12 bits per heavy atom. The molecule has 1 saturated heterocycles. The van der Waals surface area contributed by atoms with E-state index in [-0.39, 0.29) is 47.7 Å². The monoisotopic (exact) mass is 704 g/mol. The van der Waals surface area contributed by atoms with Crippen LogP contribution in [0.3, 0.4) is 0 Å². The Morgan fingerprint density at radius 2 is 1.59 bits per heavy atom. The number of piperidine rings is 1. The number of nitrogens with zero attached hydrogens (tertiary/aromatic N) is 1. The van der Waals surface area contributed by atoms with E-state index >= 15 is 0 Å². The predicted molar refractivity (Wildman–Crippen MR) is 189 cm³/mol. The molecule has 0 radical (unpaired) electrons. The summed E-state index contributed by atoms with van der Waals surface area (Å²) in [5, 5.41) is 8.46. The molecule has 11 nitrogen and oxygen atoms in total. The van der Waals surface area contributed by atoms with Gasteiger partial charge >= 0.3 is 6.03 Å². The minimum absolute atomic E-state index is 0.0854. The lowest BCUT2D eigenvalue weighted by Crippen LogP contribution is -2.63. The average molecular weight is 705 g/mol. The second kappa shape index (κ2) is 14.1. The molecule has 49 heavy (non-hydrogen) atoms. The fraction of sp³-hybridized carbons (Fsp3) is 0.811. The molecule has 5 atom stereocenters. The molecule has 4 amide bonds. The molecule has 1 heterocycles. The third-order valence-corrected chi connectivity index (χ3v) is 14.4. The van der Waals surface area contributed by atoms with Crippen LogP contribution >= 0.6 is 0 Å². The van der Waals surface area contributed by atoms with E-state index in [4.69, 9.17) is 0 Å². The van der Waals surface area contributed by atoms with Gasteiger partial charge in [0.2, 0.25) is 11.7 Å². The normalized spacial score (nSPS) is 25.7. The standard InChI is InChI=1S/C37H60N4O7S/c1-10-18-38-31(44)29(43)24(19-23-14-15-23)20-26(42)28-27-25(36(27,8)9)21-41(28)32(45)30(34(2,3)4)39-33(46)40-37(16-12-11-13-17-37)22-49(47,48)35(5,6)7/h10,23-25,27-28,30H,1,11-22H2,2-9H3,(H,38,44)(H2,39,40,46)/t24-,25+,27+,28-,30-/m1/s1. The molecule has 1 aliphatic heterocycles. The number of sulfone groups is 1. The van der Waals surface area contributed by atoms with E-state index < -0.39 is 61.3 Å². The van der Waals surface area contributed by atoms with Gasteiger partial charge in [0.25, 0.3) is 5.91 Å². The molecule has 3 N–H and O–H groups in total. The van der Waals surface area contributed by atoms with Crippen LogP contribution in [0, 0.1) is 34.5 Å². The summed E-state index contributed by atoms with van der Waals surface area (Å²) in [6.07, 6.45) is 7.34. The smallest absolute Gasteiger partial charge is 0.315 e. The second-order valence-corrected chi connectivity index (χ2v) is 20.7. The van der Waals surface area contributed by atoms with Crippen molar-refractivity contribution in [3.63, 3.8) is 0 Å². The number of hydrogen-bond donors (Lipinski definition) is 3. The van der Waals surface area contributed by atoms with Gasteiger partial charge in [-0.3, -0.25) is 19.2 Å². The molecule has 0 aromatic rings. The van der Waals surface area contributed by atoms with Crippen LogP contribution in [0.4, 0.5) is 4.79 Å². The highest BCUT2D eigenvalue weighted by Crippen LogP contribution is 2.65. The summed E-state index contributed by atoms with van der Waals surface area (Å²) >= 11 is 0. The van der Waals surface area contributed by atoms with Crippen LogP contribution in [-0.4, -0.2) is 83.9 Å². The van der Waals surface area contributed by atoms with E-state index in [1.807, 2.05) is 20.8 Å². The quantitative estimate of drug-likeness (QED) is 0.179. The van der Waals surface area contributed by atoms with E-state index in [2.05, 4.69) is 36.4 Å². The summed E-state index contributed by atoms with van der Waals surface area (Å²) in [7, 11) is -3.56. The highest BCUT2D eigenvalue weighted by molar-refractivity contribution is 7.92. The predicted octanol–water partition coefficient (Wildman–Crippen LogP) is 4.35. The fourth-order valence-electron chi connectivity index (χ4n) is 8.06. The number of nitrogens with one attached hydrogen (secondary N) is 3. The van der Waals surface area contributed by atoms with Crippen molar-refractivity contribution in [2.45, 2.75) is 136 Å². The van der Waals surface area contributed by atoms with Crippen LogP contribution in [0.1, 0.15) is 113 Å². The van der Waals surface area contributed by atoms with Crippen molar-refractivity contribution in [2.24, 2.45) is 34.5 Å². The third-order valence-electron chi connectivity index (χ3n) is 11.6. The number of likely N-dealkylation sites (tertiary alicyclic amines) is 1. The molecule has 4 rings (SSSR count). The van der Waals surface area contributed by atoms with Crippen LogP contribution < -0.4 is 16.0 Å². The topological polar surface area (TPSA) is 159 Å². The molecule has 276 valence electrons. The summed E-state index contributed by atoms with van der Waals surface area (Å²) in [6, 6.07) is -2.38. The maximum atomic E-state index is 14.5. The van der Waals surface area contributed by atoms with Crippen molar-refractivity contribution in [3.05, 3.63) is 12.7 Å². The summed E-state index contributed by atoms with van der Waals surface area (Å²) in [5.74, 6) is -2.57. The van der Waals surface area contributed by atoms with Crippen molar-refractivity contribution in [3.8, 4) is 0 Å². The molecule has 12 heteroatoms. The highest BCUT2D eigenvalue weighted by atomic mass is 32.2. The zero-order chi connectivity index (χ0) is 36.7. The molecule has 0 aromatic heterocycles. The minimum Gasteiger partial charge on any atom is -0.346 e. The van der Waals surface area contributed by atoms with Crippen molar-refractivity contribution in [2.75, 3.05) is 18.8 Å². The van der Waals surface area contributed by atoms with Crippen molar-refractivity contribution in [1.82, 2.24) is 20.9 Å².